The number of hydrogen-bond donors (Lipinski definition) is 1. The minimum atomic E-state index is 0.441. The molecule has 2 unspecified atom stereocenters. The molecule has 3 heteroatoms. The lowest BCUT2D eigenvalue weighted by Crippen LogP contribution is -2.50. The number of nitrogens with one attached hydrogen (secondary N) is 1. The first-order valence-electron chi connectivity index (χ1n) is 8.14. The highest BCUT2D eigenvalue weighted by Crippen LogP contribution is 2.27. The molecule has 0 radical (unpaired) electrons. The molecule has 1 aliphatic heterocycles. The van der Waals surface area contributed by atoms with Crippen molar-refractivity contribution in [1.29, 1.82) is 0 Å². The first kappa shape index (κ1) is 15.3. The molecule has 0 aromatic carbocycles. The van der Waals surface area contributed by atoms with Crippen molar-refractivity contribution in [3.8, 4) is 0 Å². The Bertz CT molecular complexity index is 275. The summed E-state index contributed by atoms with van der Waals surface area (Å²) in [6.45, 7) is 9.81. The van der Waals surface area contributed by atoms with E-state index in [1.54, 1.807) is 0 Å². The van der Waals surface area contributed by atoms with Crippen molar-refractivity contribution in [1.82, 2.24) is 15.1 Å². The molecule has 19 heavy (non-hydrogen) atoms. The van der Waals surface area contributed by atoms with Gasteiger partial charge in [0, 0.05) is 31.7 Å². The molecule has 1 aliphatic carbocycles. The number of rotatable bonds is 7. The predicted octanol–water partition coefficient (Wildman–Crippen LogP) is 2.18. The zero-order valence-electron chi connectivity index (χ0n) is 13.4. The van der Waals surface area contributed by atoms with Gasteiger partial charge in [-0.2, -0.15) is 0 Å². The summed E-state index contributed by atoms with van der Waals surface area (Å²) in [5.41, 5.74) is 0.441. The zero-order chi connectivity index (χ0) is 13.9. The number of likely N-dealkylation sites (N-methyl/N-ethyl adjacent to an activating group) is 1. The maximum atomic E-state index is 3.73. The average Bonchev–Trinajstić information content (AvgIpc) is 3.21. The van der Waals surface area contributed by atoms with Crippen molar-refractivity contribution >= 4 is 0 Å². The summed E-state index contributed by atoms with van der Waals surface area (Å²) in [4.78, 5) is 5.10. The summed E-state index contributed by atoms with van der Waals surface area (Å²) >= 11 is 0. The number of likely N-dealkylation sites (tertiary alicyclic amines) is 1. The van der Waals surface area contributed by atoms with Crippen LogP contribution in [-0.4, -0.2) is 62.2 Å². The highest BCUT2D eigenvalue weighted by atomic mass is 15.2. The van der Waals surface area contributed by atoms with E-state index in [1.165, 1.54) is 58.3 Å². The molecule has 0 aromatic heterocycles. The summed E-state index contributed by atoms with van der Waals surface area (Å²) in [5, 5.41) is 3.73. The highest BCUT2D eigenvalue weighted by Gasteiger charge is 2.31. The Kier molecular flexibility index (Phi) is 5.27. The number of hydrogen-bond acceptors (Lipinski definition) is 3. The van der Waals surface area contributed by atoms with Gasteiger partial charge in [0.2, 0.25) is 0 Å². The van der Waals surface area contributed by atoms with E-state index in [0.29, 0.717) is 5.41 Å². The summed E-state index contributed by atoms with van der Waals surface area (Å²) in [5.74, 6) is 0. The SMILES string of the molecule is CCC(C)(CNC1CC1)CN1CCCC(N(C)C)C1. The Hall–Kier alpha value is -0.120. The van der Waals surface area contributed by atoms with Crippen LogP contribution in [0.25, 0.3) is 0 Å². The Labute approximate surface area is 119 Å². The topological polar surface area (TPSA) is 18.5 Å². The second-order valence-corrected chi connectivity index (χ2v) is 7.31. The lowest BCUT2D eigenvalue weighted by atomic mass is 9.86. The van der Waals surface area contributed by atoms with E-state index < -0.39 is 0 Å². The van der Waals surface area contributed by atoms with Crippen LogP contribution in [0.4, 0.5) is 0 Å². The standard InChI is InChI=1S/C16H33N3/c1-5-16(2,12-17-14-8-9-14)13-19-10-6-7-15(11-19)18(3)4/h14-15,17H,5-13H2,1-4H3. The van der Waals surface area contributed by atoms with Gasteiger partial charge in [0.05, 0.1) is 0 Å². The maximum absolute atomic E-state index is 3.73. The first-order valence-corrected chi connectivity index (χ1v) is 8.14. The molecule has 112 valence electrons. The zero-order valence-corrected chi connectivity index (χ0v) is 13.4. The molecule has 0 bridgehead atoms. The largest absolute Gasteiger partial charge is 0.313 e. The molecule has 1 heterocycles. The van der Waals surface area contributed by atoms with Crippen LogP contribution in [-0.2, 0) is 0 Å². The predicted molar refractivity (Wildman–Crippen MR) is 82.6 cm³/mol. The van der Waals surface area contributed by atoms with Crippen LogP contribution in [0.1, 0.15) is 46.0 Å². The molecule has 0 aromatic rings. The van der Waals surface area contributed by atoms with E-state index in [1.807, 2.05) is 0 Å². The lowest BCUT2D eigenvalue weighted by molar-refractivity contribution is 0.0877. The normalized spacial score (nSPS) is 28.6. The van der Waals surface area contributed by atoms with Crippen LogP contribution in [0.2, 0.25) is 0 Å². The van der Waals surface area contributed by atoms with E-state index in [2.05, 4.69) is 43.1 Å². The Morgan fingerprint density at radius 2 is 2.00 bits per heavy atom. The van der Waals surface area contributed by atoms with Crippen LogP contribution < -0.4 is 5.32 Å². The van der Waals surface area contributed by atoms with Gasteiger partial charge in [-0.3, -0.25) is 0 Å². The van der Waals surface area contributed by atoms with Gasteiger partial charge >= 0.3 is 0 Å². The third-order valence-corrected chi connectivity index (χ3v) is 5.06. The summed E-state index contributed by atoms with van der Waals surface area (Å²) in [7, 11) is 4.45. The summed E-state index contributed by atoms with van der Waals surface area (Å²) < 4.78 is 0. The molecule has 2 fully saturated rings. The van der Waals surface area contributed by atoms with Crippen LogP contribution >= 0.6 is 0 Å². The average molecular weight is 267 g/mol. The Morgan fingerprint density at radius 3 is 2.58 bits per heavy atom. The van der Waals surface area contributed by atoms with E-state index in [-0.39, 0.29) is 0 Å². The molecular weight excluding hydrogens is 234 g/mol. The van der Waals surface area contributed by atoms with Crippen LogP contribution in [0.3, 0.4) is 0 Å². The van der Waals surface area contributed by atoms with E-state index in [9.17, 15) is 0 Å². The second-order valence-electron chi connectivity index (χ2n) is 7.31. The van der Waals surface area contributed by atoms with Gasteiger partial charge in [-0.15, -0.1) is 0 Å². The van der Waals surface area contributed by atoms with Crippen LogP contribution in [0.15, 0.2) is 0 Å². The van der Waals surface area contributed by atoms with Crippen molar-refractivity contribution in [2.75, 3.05) is 40.3 Å². The van der Waals surface area contributed by atoms with E-state index in [4.69, 9.17) is 0 Å². The van der Waals surface area contributed by atoms with Crippen molar-refractivity contribution in [2.45, 2.75) is 58.0 Å². The van der Waals surface area contributed by atoms with Crippen LogP contribution in [0.5, 0.6) is 0 Å². The van der Waals surface area contributed by atoms with Crippen LogP contribution in [0, 0.1) is 5.41 Å². The molecule has 2 atom stereocenters. The van der Waals surface area contributed by atoms with Gasteiger partial charge in [0.15, 0.2) is 0 Å². The summed E-state index contributed by atoms with van der Waals surface area (Å²) in [6, 6.07) is 1.59. The molecular formula is C16H33N3. The van der Waals surface area contributed by atoms with Gasteiger partial charge in [-0.1, -0.05) is 13.8 Å². The monoisotopic (exact) mass is 267 g/mol. The van der Waals surface area contributed by atoms with Gasteiger partial charge in [0.25, 0.3) is 0 Å². The fraction of sp³-hybridized carbons (Fsp3) is 1.00. The van der Waals surface area contributed by atoms with Crippen molar-refractivity contribution in [2.24, 2.45) is 5.41 Å². The fourth-order valence-electron chi connectivity index (χ4n) is 3.11. The van der Waals surface area contributed by atoms with Crippen molar-refractivity contribution < 1.29 is 0 Å². The van der Waals surface area contributed by atoms with Gasteiger partial charge < -0.3 is 15.1 Å². The van der Waals surface area contributed by atoms with E-state index in [0.717, 1.165) is 12.1 Å². The quantitative estimate of drug-likeness (QED) is 0.763. The molecule has 0 spiro atoms. The molecule has 1 saturated heterocycles. The van der Waals surface area contributed by atoms with Crippen molar-refractivity contribution in [3.63, 3.8) is 0 Å². The lowest BCUT2D eigenvalue weighted by Gasteiger charge is -2.41. The first-order chi connectivity index (χ1) is 9.02. The smallest absolute Gasteiger partial charge is 0.0217 e. The second kappa shape index (κ2) is 6.55. The van der Waals surface area contributed by atoms with Gasteiger partial charge in [0.1, 0.15) is 0 Å². The van der Waals surface area contributed by atoms with Crippen molar-refractivity contribution in [3.05, 3.63) is 0 Å². The molecule has 2 aliphatic rings. The number of nitrogens with zero attached hydrogens (tertiary/aromatic N) is 2. The molecule has 1 N–H and O–H groups in total. The fourth-order valence-corrected chi connectivity index (χ4v) is 3.11. The Morgan fingerprint density at radius 1 is 1.26 bits per heavy atom. The van der Waals surface area contributed by atoms with Gasteiger partial charge in [-0.25, -0.2) is 0 Å². The third-order valence-electron chi connectivity index (χ3n) is 5.06. The Balaban J connectivity index is 1.81. The van der Waals surface area contributed by atoms with Gasteiger partial charge in [-0.05, 0) is 58.2 Å². The third kappa shape index (κ3) is 4.73. The molecule has 1 saturated carbocycles. The van der Waals surface area contributed by atoms with E-state index >= 15 is 0 Å². The maximum Gasteiger partial charge on any atom is 0.0217 e. The molecule has 0 amide bonds. The minimum absolute atomic E-state index is 0.441. The highest BCUT2D eigenvalue weighted by molar-refractivity contribution is 4.88. The minimum Gasteiger partial charge on any atom is -0.313 e. The number of piperidine rings is 1. The summed E-state index contributed by atoms with van der Waals surface area (Å²) in [6.07, 6.45) is 6.79. The molecule has 2 rings (SSSR count). The molecule has 3 nitrogen and oxygen atoms in total.